The number of aliphatic hydroxyl groups is 1. The van der Waals surface area contributed by atoms with Crippen LogP contribution in [0.4, 0.5) is 21.9 Å². The Morgan fingerprint density at radius 3 is 2.39 bits per heavy atom. The van der Waals surface area contributed by atoms with Crippen LogP contribution < -0.4 is 15.5 Å². The van der Waals surface area contributed by atoms with Crippen LogP contribution in [0, 0.1) is 16.0 Å². The molecule has 222 valence electrons. The average Bonchev–Trinajstić information content (AvgIpc) is 2.91. The van der Waals surface area contributed by atoms with Crippen molar-refractivity contribution in [2.45, 2.75) is 52.1 Å². The highest BCUT2D eigenvalue weighted by atomic mass is 16.6. The maximum atomic E-state index is 13.0. The molecule has 3 N–H and O–H groups in total. The first kappa shape index (κ1) is 31.5. The van der Waals surface area contributed by atoms with E-state index in [1.165, 1.54) is 24.3 Å². The first-order chi connectivity index (χ1) is 19.3. The standard InChI is InChI=1S/C28H36N4O9/c1-18(25(34)30-20-7-11-21(12-8-20)31-13-14-39-17-24(31)33)15-23(16-29-27(36)41-28(2,3)4)40-26(35)19-5-9-22(10-6-19)32(37)38/h5-12,18,23,26,35H,13-17H2,1-4H3,(H,29,36)(H,30,34)/t18-,23?,26?/m1/s1. The van der Waals surface area contributed by atoms with Crippen LogP contribution in [-0.2, 0) is 23.8 Å². The summed E-state index contributed by atoms with van der Waals surface area (Å²) in [5.74, 6) is -1.07. The van der Waals surface area contributed by atoms with Gasteiger partial charge in [-0.3, -0.25) is 19.7 Å². The molecule has 0 aliphatic carbocycles. The van der Waals surface area contributed by atoms with Gasteiger partial charge in [0.05, 0.1) is 17.6 Å². The molecule has 3 atom stereocenters. The highest BCUT2D eigenvalue weighted by molar-refractivity contribution is 5.96. The molecule has 2 unspecified atom stereocenters. The molecule has 1 saturated heterocycles. The van der Waals surface area contributed by atoms with Gasteiger partial charge in [-0.1, -0.05) is 6.92 Å². The van der Waals surface area contributed by atoms with Crippen molar-refractivity contribution >= 4 is 35.0 Å². The van der Waals surface area contributed by atoms with E-state index in [1.807, 2.05) is 0 Å². The number of benzene rings is 2. The number of ether oxygens (including phenoxy) is 3. The second kappa shape index (κ2) is 14.0. The number of nitro groups is 1. The minimum Gasteiger partial charge on any atom is -0.444 e. The van der Waals surface area contributed by atoms with Crippen molar-refractivity contribution in [2.75, 3.05) is 36.5 Å². The lowest BCUT2D eigenvalue weighted by molar-refractivity contribution is -0.384. The van der Waals surface area contributed by atoms with Crippen LogP contribution in [0.25, 0.3) is 0 Å². The second-order valence-corrected chi connectivity index (χ2v) is 10.6. The normalized spacial score (nSPS) is 15.9. The number of rotatable bonds is 11. The first-order valence-electron chi connectivity index (χ1n) is 13.2. The summed E-state index contributed by atoms with van der Waals surface area (Å²) in [6.45, 7) is 7.70. The number of carbonyl (C=O) groups is 3. The monoisotopic (exact) mass is 572 g/mol. The molecular weight excluding hydrogens is 536 g/mol. The van der Waals surface area contributed by atoms with E-state index in [0.717, 1.165) is 0 Å². The third-order valence-corrected chi connectivity index (χ3v) is 6.08. The van der Waals surface area contributed by atoms with Crippen LogP contribution in [0.3, 0.4) is 0 Å². The summed E-state index contributed by atoms with van der Waals surface area (Å²) in [4.78, 5) is 49.3. The predicted octanol–water partition coefficient (Wildman–Crippen LogP) is 3.52. The van der Waals surface area contributed by atoms with Gasteiger partial charge in [0.2, 0.25) is 5.91 Å². The molecule has 0 radical (unpaired) electrons. The molecule has 1 aliphatic rings. The van der Waals surface area contributed by atoms with E-state index >= 15 is 0 Å². The van der Waals surface area contributed by atoms with Crippen LogP contribution in [-0.4, -0.2) is 65.9 Å². The highest BCUT2D eigenvalue weighted by Crippen LogP contribution is 2.24. The van der Waals surface area contributed by atoms with Gasteiger partial charge in [0, 0.05) is 48.1 Å². The number of non-ortho nitro benzene ring substituents is 1. The number of aliphatic hydroxyl groups excluding tert-OH is 1. The number of hydrogen-bond acceptors (Lipinski definition) is 9. The molecule has 1 fully saturated rings. The fourth-order valence-corrected chi connectivity index (χ4v) is 4.00. The summed E-state index contributed by atoms with van der Waals surface area (Å²) in [6, 6.07) is 12.1. The van der Waals surface area contributed by atoms with Gasteiger partial charge in [-0.15, -0.1) is 0 Å². The van der Waals surface area contributed by atoms with E-state index in [-0.39, 0.29) is 42.6 Å². The SMILES string of the molecule is C[C@H](CC(CNC(=O)OC(C)(C)C)OC(O)c1ccc([N+](=O)[O-])cc1)C(=O)Nc1ccc(N2CCOCC2=O)cc1. The second-order valence-electron chi connectivity index (χ2n) is 10.6. The summed E-state index contributed by atoms with van der Waals surface area (Å²) in [5.41, 5.74) is 0.636. The third-order valence-electron chi connectivity index (χ3n) is 6.08. The minimum atomic E-state index is -1.47. The summed E-state index contributed by atoms with van der Waals surface area (Å²) in [5, 5.41) is 27.0. The maximum absolute atomic E-state index is 13.0. The number of anilines is 2. The van der Waals surface area contributed by atoms with E-state index in [2.05, 4.69) is 10.6 Å². The molecule has 41 heavy (non-hydrogen) atoms. The Morgan fingerprint density at radius 1 is 1.15 bits per heavy atom. The van der Waals surface area contributed by atoms with Gasteiger partial charge >= 0.3 is 6.09 Å². The van der Waals surface area contributed by atoms with Crippen molar-refractivity contribution in [1.82, 2.24) is 5.32 Å². The Kier molecular flexibility index (Phi) is 10.8. The zero-order valence-electron chi connectivity index (χ0n) is 23.5. The van der Waals surface area contributed by atoms with Crippen molar-refractivity contribution in [3.8, 4) is 0 Å². The lowest BCUT2D eigenvalue weighted by Gasteiger charge is -2.27. The first-order valence-corrected chi connectivity index (χ1v) is 13.2. The van der Waals surface area contributed by atoms with Crippen LogP contribution in [0.2, 0.25) is 0 Å². The Morgan fingerprint density at radius 2 is 1.80 bits per heavy atom. The topological polar surface area (TPSA) is 170 Å². The van der Waals surface area contributed by atoms with Gasteiger partial charge < -0.3 is 34.9 Å². The number of hydrogen-bond donors (Lipinski definition) is 3. The van der Waals surface area contributed by atoms with Gasteiger partial charge in [0.15, 0.2) is 6.29 Å². The van der Waals surface area contributed by atoms with E-state index in [9.17, 15) is 29.6 Å². The molecule has 2 aromatic carbocycles. The number of carbonyl (C=O) groups excluding carboxylic acids is 3. The quantitative estimate of drug-likeness (QED) is 0.207. The smallest absolute Gasteiger partial charge is 0.407 e. The average molecular weight is 573 g/mol. The van der Waals surface area contributed by atoms with E-state index < -0.39 is 34.9 Å². The lowest BCUT2D eigenvalue weighted by atomic mass is 10.0. The number of nitrogens with one attached hydrogen (secondary N) is 2. The summed E-state index contributed by atoms with van der Waals surface area (Å²) in [7, 11) is 0. The van der Waals surface area contributed by atoms with Gasteiger partial charge in [-0.2, -0.15) is 0 Å². The van der Waals surface area contributed by atoms with Gasteiger partial charge in [0.25, 0.3) is 11.6 Å². The molecule has 3 rings (SSSR count). The van der Waals surface area contributed by atoms with E-state index in [0.29, 0.717) is 24.5 Å². The molecule has 2 aromatic rings. The molecule has 1 aliphatic heterocycles. The number of alkyl carbamates (subject to hydrolysis) is 1. The highest BCUT2D eigenvalue weighted by Gasteiger charge is 2.25. The van der Waals surface area contributed by atoms with Crippen LogP contribution >= 0.6 is 0 Å². The van der Waals surface area contributed by atoms with Crippen LogP contribution in [0.5, 0.6) is 0 Å². The molecular formula is C28H36N4O9. The Labute approximate surface area is 237 Å². The number of amides is 3. The molecule has 0 bridgehead atoms. The van der Waals surface area contributed by atoms with Crippen molar-refractivity contribution in [3.63, 3.8) is 0 Å². The van der Waals surface area contributed by atoms with E-state index in [4.69, 9.17) is 14.2 Å². The molecule has 0 saturated carbocycles. The van der Waals surface area contributed by atoms with Crippen LogP contribution in [0.15, 0.2) is 48.5 Å². The minimum absolute atomic E-state index is 0.0287. The zero-order chi connectivity index (χ0) is 30.2. The van der Waals surface area contributed by atoms with Crippen molar-refractivity contribution < 1.29 is 38.6 Å². The Hall–Kier alpha value is -4.07. The predicted molar refractivity (Wildman–Crippen MR) is 149 cm³/mol. The summed E-state index contributed by atoms with van der Waals surface area (Å²) < 4.78 is 16.2. The van der Waals surface area contributed by atoms with Crippen molar-refractivity contribution in [2.24, 2.45) is 5.92 Å². The molecule has 0 spiro atoms. The van der Waals surface area contributed by atoms with Crippen LogP contribution in [0.1, 0.15) is 46.0 Å². The number of nitrogens with zero attached hydrogens (tertiary/aromatic N) is 2. The Bertz CT molecular complexity index is 1210. The largest absolute Gasteiger partial charge is 0.444 e. The fraction of sp³-hybridized carbons (Fsp3) is 0.464. The maximum Gasteiger partial charge on any atom is 0.407 e. The molecule has 0 aromatic heterocycles. The summed E-state index contributed by atoms with van der Waals surface area (Å²) >= 11 is 0. The van der Waals surface area contributed by atoms with E-state index in [1.54, 1.807) is 56.9 Å². The molecule has 1 heterocycles. The van der Waals surface area contributed by atoms with Crippen molar-refractivity contribution in [1.29, 1.82) is 0 Å². The fourth-order valence-electron chi connectivity index (χ4n) is 4.00. The molecule has 13 nitrogen and oxygen atoms in total. The third kappa shape index (κ3) is 9.81. The van der Waals surface area contributed by atoms with Gasteiger partial charge in [0.1, 0.15) is 12.2 Å². The zero-order valence-corrected chi connectivity index (χ0v) is 23.5. The van der Waals surface area contributed by atoms with Gasteiger partial charge in [-0.05, 0) is 63.6 Å². The number of morpholine rings is 1. The number of nitro benzene ring substituents is 1. The van der Waals surface area contributed by atoms with Gasteiger partial charge in [-0.25, -0.2) is 4.79 Å². The lowest BCUT2D eigenvalue weighted by Crippen LogP contribution is -2.41. The molecule has 3 amide bonds. The summed E-state index contributed by atoms with van der Waals surface area (Å²) in [6.07, 6.45) is -2.85. The molecule has 13 heteroatoms. The van der Waals surface area contributed by atoms with Crippen molar-refractivity contribution in [3.05, 3.63) is 64.2 Å². The Balaban J connectivity index is 1.64.